The molecule has 0 fully saturated rings. The Kier molecular flexibility index (Phi) is 4.22. The van der Waals surface area contributed by atoms with Gasteiger partial charge in [-0.25, -0.2) is 4.79 Å². The van der Waals surface area contributed by atoms with Gasteiger partial charge >= 0.3 is 5.97 Å². The number of hydrogen-bond donors (Lipinski definition) is 1. The summed E-state index contributed by atoms with van der Waals surface area (Å²) >= 11 is 0. The molecule has 4 nitrogen and oxygen atoms in total. The van der Waals surface area contributed by atoms with E-state index in [9.17, 15) is 4.79 Å². The second-order valence-electron chi connectivity index (χ2n) is 4.99. The summed E-state index contributed by atoms with van der Waals surface area (Å²) in [6.07, 6.45) is 1.00. The molecule has 2 N–H and O–H groups in total. The first-order chi connectivity index (χ1) is 8.33. The molecule has 1 aromatic carbocycles. The fourth-order valence-electron chi connectivity index (χ4n) is 1.63. The molecule has 0 amide bonds. The number of ether oxygens (including phenoxy) is 1. The summed E-state index contributed by atoms with van der Waals surface area (Å²) in [5.74, 6) is -0.406. The summed E-state index contributed by atoms with van der Waals surface area (Å²) in [4.78, 5) is 13.7. The van der Waals surface area contributed by atoms with E-state index in [4.69, 9.17) is 10.5 Å². The van der Waals surface area contributed by atoms with Gasteiger partial charge in [0, 0.05) is 24.0 Å². The van der Waals surface area contributed by atoms with Crippen LogP contribution in [0.4, 0.5) is 11.4 Å². The van der Waals surface area contributed by atoms with Crippen molar-refractivity contribution in [3.05, 3.63) is 23.8 Å². The molecule has 0 aromatic heterocycles. The minimum atomic E-state index is -0.406. The number of methoxy groups -OCH3 is 1. The number of esters is 1. The summed E-state index contributed by atoms with van der Waals surface area (Å²) in [7, 11) is 3.37. The molecule has 0 saturated carbocycles. The van der Waals surface area contributed by atoms with Gasteiger partial charge in [-0.15, -0.1) is 0 Å². The Hall–Kier alpha value is -1.71. The van der Waals surface area contributed by atoms with Gasteiger partial charge in [-0.05, 0) is 38.5 Å². The lowest BCUT2D eigenvalue weighted by Gasteiger charge is -2.37. The van der Waals surface area contributed by atoms with Gasteiger partial charge in [0.25, 0.3) is 0 Å². The first-order valence-corrected chi connectivity index (χ1v) is 6.05. The Labute approximate surface area is 109 Å². The molecule has 1 rings (SSSR count). The van der Waals surface area contributed by atoms with Gasteiger partial charge in [-0.1, -0.05) is 6.92 Å². The summed E-state index contributed by atoms with van der Waals surface area (Å²) in [5, 5.41) is 0. The predicted octanol–water partition coefficient (Wildman–Crippen LogP) is 2.68. The molecule has 18 heavy (non-hydrogen) atoms. The zero-order chi connectivity index (χ0) is 13.9. The predicted molar refractivity (Wildman–Crippen MR) is 75.0 cm³/mol. The van der Waals surface area contributed by atoms with E-state index in [1.165, 1.54) is 7.11 Å². The number of carbonyl (C=O) groups excluding carboxylic acids is 1. The number of anilines is 2. The minimum Gasteiger partial charge on any atom is -0.465 e. The number of rotatable bonds is 4. The first-order valence-electron chi connectivity index (χ1n) is 6.05. The van der Waals surface area contributed by atoms with E-state index in [1.807, 2.05) is 13.1 Å². The van der Waals surface area contributed by atoms with Crippen LogP contribution in [0.3, 0.4) is 0 Å². The van der Waals surface area contributed by atoms with E-state index >= 15 is 0 Å². The Balaban J connectivity index is 3.16. The Morgan fingerprint density at radius 3 is 2.56 bits per heavy atom. The maximum atomic E-state index is 11.6. The van der Waals surface area contributed by atoms with Crippen LogP contribution >= 0.6 is 0 Å². The molecule has 100 valence electrons. The molecule has 0 radical (unpaired) electrons. The van der Waals surface area contributed by atoms with Crippen LogP contribution in [0.15, 0.2) is 18.2 Å². The van der Waals surface area contributed by atoms with Crippen LogP contribution in [0.1, 0.15) is 37.6 Å². The highest BCUT2D eigenvalue weighted by Gasteiger charge is 2.22. The van der Waals surface area contributed by atoms with Crippen molar-refractivity contribution in [3.63, 3.8) is 0 Å². The largest absolute Gasteiger partial charge is 0.465 e. The number of nitrogens with zero attached hydrogens (tertiary/aromatic N) is 1. The van der Waals surface area contributed by atoms with Crippen molar-refractivity contribution < 1.29 is 9.53 Å². The zero-order valence-corrected chi connectivity index (χ0v) is 11.8. The highest BCUT2D eigenvalue weighted by atomic mass is 16.5. The number of carbonyl (C=O) groups is 1. The highest BCUT2D eigenvalue weighted by molar-refractivity contribution is 5.96. The van der Waals surface area contributed by atoms with E-state index in [1.54, 1.807) is 12.1 Å². The van der Waals surface area contributed by atoms with Crippen LogP contribution < -0.4 is 10.6 Å². The zero-order valence-electron chi connectivity index (χ0n) is 11.8. The lowest BCUT2D eigenvalue weighted by molar-refractivity contribution is 0.0602. The van der Waals surface area contributed by atoms with Crippen molar-refractivity contribution in [1.82, 2.24) is 0 Å². The lowest BCUT2D eigenvalue weighted by atomic mass is 9.98. The molecule has 0 unspecified atom stereocenters. The van der Waals surface area contributed by atoms with Gasteiger partial charge in [0.15, 0.2) is 0 Å². The Bertz CT molecular complexity index is 441. The molecule has 0 aliphatic heterocycles. The third-order valence-electron chi connectivity index (χ3n) is 3.60. The minimum absolute atomic E-state index is 0.0174. The summed E-state index contributed by atoms with van der Waals surface area (Å²) in [6, 6.07) is 5.43. The molecule has 0 saturated heterocycles. The van der Waals surface area contributed by atoms with E-state index in [0.717, 1.165) is 12.1 Å². The highest BCUT2D eigenvalue weighted by Crippen LogP contribution is 2.27. The van der Waals surface area contributed by atoms with Gasteiger partial charge in [0.1, 0.15) is 0 Å². The van der Waals surface area contributed by atoms with E-state index < -0.39 is 5.97 Å². The average Bonchev–Trinajstić information content (AvgIpc) is 2.37. The van der Waals surface area contributed by atoms with Crippen molar-refractivity contribution in [2.75, 3.05) is 24.8 Å². The first kappa shape index (κ1) is 14.4. The SMILES string of the molecule is CCC(C)(C)N(C)c1ccc(N)c(C(=O)OC)c1. The maximum absolute atomic E-state index is 11.6. The third kappa shape index (κ3) is 2.75. The van der Waals surface area contributed by atoms with Gasteiger partial charge in [0.2, 0.25) is 0 Å². The average molecular weight is 250 g/mol. The van der Waals surface area contributed by atoms with Crippen molar-refractivity contribution in [2.24, 2.45) is 0 Å². The van der Waals surface area contributed by atoms with Gasteiger partial charge < -0.3 is 15.4 Å². The van der Waals surface area contributed by atoms with E-state index in [0.29, 0.717) is 11.3 Å². The fourth-order valence-corrected chi connectivity index (χ4v) is 1.63. The molecule has 0 heterocycles. The number of nitrogens with two attached hydrogens (primary N) is 1. The van der Waals surface area contributed by atoms with Crippen LogP contribution in [0.2, 0.25) is 0 Å². The maximum Gasteiger partial charge on any atom is 0.340 e. The molecule has 0 aliphatic carbocycles. The van der Waals surface area contributed by atoms with E-state index in [2.05, 4.69) is 25.7 Å². The molecular formula is C14H22N2O2. The quantitative estimate of drug-likeness (QED) is 0.659. The second-order valence-corrected chi connectivity index (χ2v) is 4.99. The summed E-state index contributed by atoms with van der Waals surface area (Å²) in [6.45, 7) is 6.44. The van der Waals surface area contributed by atoms with Crippen molar-refractivity contribution in [2.45, 2.75) is 32.7 Å². The summed E-state index contributed by atoms with van der Waals surface area (Å²) < 4.78 is 4.73. The third-order valence-corrected chi connectivity index (χ3v) is 3.60. The normalized spacial score (nSPS) is 11.2. The molecule has 0 aliphatic rings. The number of nitrogen functional groups attached to an aromatic ring is 1. The van der Waals surface area contributed by atoms with Crippen LogP contribution in [0.5, 0.6) is 0 Å². The topological polar surface area (TPSA) is 55.6 Å². The Morgan fingerprint density at radius 1 is 1.44 bits per heavy atom. The summed E-state index contributed by atoms with van der Waals surface area (Å²) in [5.41, 5.74) is 7.61. The molecular weight excluding hydrogens is 228 g/mol. The molecule has 0 bridgehead atoms. The molecule has 4 heteroatoms. The Morgan fingerprint density at radius 2 is 2.06 bits per heavy atom. The fraction of sp³-hybridized carbons (Fsp3) is 0.500. The standard InChI is InChI=1S/C14H22N2O2/c1-6-14(2,3)16(4)10-7-8-12(15)11(9-10)13(17)18-5/h7-9H,6,15H2,1-5H3. The van der Waals surface area contributed by atoms with E-state index in [-0.39, 0.29) is 5.54 Å². The smallest absolute Gasteiger partial charge is 0.340 e. The van der Waals surface area contributed by atoms with Gasteiger partial charge in [0.05, 0.1) is 12.7 Å². The van der Waals surface area contributed by atoms with Gasteiger partial charge in [-0.3, -0.25) is 0 Å². The van der Waals surface area contributed by atoms with Crippen LogP contribution in [-0.2, 0) is 4.74 Å². The van der Waals surface area contributed by atoms with Crippen LogP contribution in [0, 0.1) is 0 Å². The van der Waals surface area contributed by atoms with Crippen LogP contribution in [0.25, 0.3) is 0 Å². The van der Waals surface area contributed by atoms with Crippen molar-refractivity contribution >= 4 is 17.3 Å². The second kappa shape index (κ2) is 5.29. The monoisotopic (exact) mass is 250 g/mol. The molecule has 0 atom stereocenters. The van der Waals surface area contributed by atoms with Crippen LogP contribution in [-0.4, -0.2) is 25.7 Å². The number of hydrogen-bond acceptors (Lipinski definition) is 4. The molecule has 0 spiro atoms. The van der Waals surface area contributed by atoms with Crippen molar-refractivity contribution in [3.8, 4) is 0 Å². The lowest BCUT2D eigenvalue weighted by Crippen LogP contribution is -2.40. The molecule has 1 aromatic rings. The van der Waals surface area contributed by atoms with Gasteiger partial charge in [-0.2, -0.15) is 0 Å². The number of benzene rings is 1. The van der Waals surface area contributed by atoms with Crippen molar-refractivity contribution in [1.29, 1.82) is 0 Å².